The predicted octanol–water partition coefficient (Wildman–Crippen LogP) is 2.74. The highest BCUT2D eigenvalue weighted by atomic mass is 16.5. The van der Waals surface area contributed by atoms with Gasteiger partial charge in [-0.3, -0.25) is 0 Å². The average molecular weight is 261 g/mol. The smallest absolute Gasteiger partial charge is 0.227 e. The summed E-state index contributed by atoms with van der Waals surface area (Å²) in [7, 11) is 0. The van der Waals surface area contributed by atoms with Crippen molar-refractivity contribution in [3.8, 4) is 5.75 Å². The van der Waals surface area contributed by atoms with Crippen LogP contribution in [-0.4, -0.2) is 10.1 Å². The maximum absolute atomic E-state index is 5.69. The van der Waals surface area contributed by atoms with Crippen LogP contribution < -0.4 is 10.5 Å². The quantitative estimate of drug-likeness (QED) is 0.838. The molecule has 0 radical (unpaired) electrons. The molecule has 2 aromatic rings. The summed E-state index contributed by atoms with van der Waals surface area (Å²) in [4.78, 5) is 4.29. The van der Waals surface area contributed by atoms with E-state index in [0.717, 1.165) is 23.4 Å². The molecule has 0 amide bonds. The first-order valence-electron chi connectivity index (χ1n) is 6.35. The Bertz CT molecular complexity index is 549. The van der Waals surface area contributed by atoms with Gasteiger partial charge in [-0.25, -0.2) is 0 Å². The van der Waals surface area contributed by atoms with Crippen molar-refractivity contribution in [2.45, 2.75) is 33.8 Å². The Labute approximate surface area is 112 Å². The van der Waals surface area contributed by atoms with E-state index in [1.807, 2.05) is 25.1 Å². The van der Waals surface area contributed by atoms with Gasteiger partial charge in [0.15, 0.2) is 6.61 Å². The van der Waals surface area contributed by atoms with Crippen LogP contribution in [0.5, 0.6) is 5.75 Å². The van der Waals surface area contributed by atoms with Crippen molar-refractivity contribution in [3.05, 3.63) is 35.5 Å². The molecule has 19 heavy (non-hydrogen) atoms. The Kier molecular flexibility index (Phi) is 4.04. The topological polar surface area (TPSA) is 74.2 Å². The molecule has 0 bridgehead atoms. The third-order valence-corrected chi connectivity index (χ3v) is 2.65. The number of aromatic nitrogens is 2. The summed E-state index contributed by atoms with van der Waals surface area (Å²) in [5, 5.41) is 3.90. The van der Waals surface area contributed by atoms with E-state index in [1.165, 1.54) is 0 Å². The predicted molar refractivity (Wildman–Crippen MR) is 72.8 cm³/mol. The van der Waals surface area contributed by atoms with Crippen LogP contribution in [0.2, 0.25) is 0 Å². The molecule has 0 saturated heterocycles. The highest BCUT2D eigenvalue weighted by Gasteiger charge is 2.09. The second-order valence-corrected chi connectivity index (χ2v) is 5.02. The van der Waals surface area contributed by atoms with Crippen molar-refractivity contribution in [2.75, 3.05) is 5.73 Å². The minimum atomic E-state index is 0.298. The van der Waals surface area contributed by atoms with Gasteiger partial charge in [0.25, 0.3) is 0 Å². The second-order valence-electron chi connectivity index (χ2n) is 5.02. The van der Waals surface area contributed by atoms with Crippen LogP contribution in [-0.2, 0) is 13.0 Å². The van der Waals surface area contributed by atoms with Crippen LogP contribution in [0.15, 0.2) is 22.7 Å². The summed E-state index contributed by atoms with van der Waals surface area (Å²) in [6, 6.07) is 5.53. The van der Waals surface area contributed by atoms with Gasteiger partial charge in [-0.05, 0) is 36.6 Å². The number of anilines is 1. The van der Waals surface area contributed by atoms with Crippen molar-refractivity contribution in [1.29, 1.82) is 0 Å². The molecule has 1 aromatic carbocycles. The van der Waals surface area contributed by atoms with E-state index in [-0.39, 0.29) is 0 Å². The van der Waals surface area contributed by atoms with E-state index in [0.29, 0.717) is 24.2 Å². The normalized spacial score (nSPS) is 10.9. The summed E-state index contributed by atoms with van der Waals surface area (Å²) < 4.78 is 10.8. The molecule has 0 unspecified atom stereocenters. The molecule has 0 fully saturated rings. The van der Waals surface area contributed by atoms with E-state index in [1.54, 1.807) is 0 Å². The van der Waals surface area contributed by atoms with E-state index in [2.05, 4.69) is 24.0 Å². The van der Waals surface area contributed by atoms with E-state index >= 15 is 0 Å². The number of aryl methyl sites for hydroxylation is 1. The maximum Gasteiger partial charge on any atom is 0.227 e. The minimum Gasteiger partial charge on any atom is -0.485 e. The zero-order chi connectivity index (χ0) is 13.8. The third kappa shape index (κ3) is 3.71. The van der Waals surface area contributed by atoms with Gasteiger partial charge in [-0.2, -0.15) is 4.98 Å². The molecule has 0 spiro atoms. The Morgan fingerprint density at radius 1 is 1.37 bits per heavy atom. The largest absolute Gasteiger partial charge is 0.485 e. The SMILES string of the molecule is Cc1cc(N)ccc1OCc1noc(CC(C)C)n1. The van der Waals surface area contributed by atoms with Crippen molar-refractivity contribution >= 4 is 5.69 Å². The first-order valence-corrected chi connectivity index (χ1v) is 6.35. The van der Waals surface area contributed by atoms with E-state index in [9.17, 15) is 0 Å². The number of hydrogen-bond acceptors (Lipinski definition) is 5. The average Bonchev–Trinajstić information content (AvgIpc) is 2.74. The first kappa shape index (κ1) is 13.4. The lowest BCUT2D eigenvalue weighted by Gasteiger charge is -2.07. The fourth-order valence-corrected chi connectivity index (χ4v) is 1.76. The molecule has 0 aliphatic rings. The van der Waals surface area contributed by atoms with Gasteiger partial charge >= 0.3 is 0 Å². The van der Waals surface area contributed by atoms with Gasteiger partial charge in [0.2, 0.25) is 11.7 Å². The summed E-state index contributed by atoms with van der Waals surface area (Å²) in [5.41, 5.74) is 7.41. The van der Waals surface area contributed by atoms with Crippen molar-refractivity contribution in [3.63, 3.8) is 0 Å². The van der Waals surface area contributed by atoms with Gasteiger partial charge in [0, 0.05) is 12.1 Å². The Morgan fingerprint density at radius 2 is 2.16 bits per heavy atom. The van der Waals surface area contributed by atoms with Crippen molar-refractivity contribution in [2.24, 2.45) is 5.92 Å². The standard InChI is InChI=1S/C14H19N3O2/c1-9(2)6-14-16-13(17-19-14)8-18-12-5-4-11(15)7-10(12)3/h4-5,7,9H,6,8,15H2,1-3H3. The van der Waals surface area contributed by atoms with Crippen LogP contribution in [0.1, 0.15) is 31.1 Å². The molecule has 0 atom stereocenters. The number of nitrogens with two attached hydrogens (primary N) is 1. The molecule has 0 aliphatic heterocycles. The zero-order valence-electron chi connectivity index (χ0n) is 11.5. The van der Waals surface area contributed by atoms with Crippen molar-refractivity contribution < 1.29 is 9.26 Å². The molecule has 1 aromatic heterocycles. The number of benzene rings is 1. The number of nitrogens with zero attached hydrogens (tertiary/aromatic N) is 2. The Hall–Kier alpha value is -2.04. The summed E-state index contributed by atoms with van der Waals surface area (Å²) in [6.45, 7) is 6.47. The lowest BCUT2D eigenvalue weighted by Crippen LogP contribution is -2.00. The summed E-state index contributed by atoms with van der Waals surface area (Å²) >= 11 is 0. The second kappa shape index (κ2) is 5.73. The lowest BCUT2D eigenvalue weighted by atomic mass is 10.1. The highest BCUT2D eigenvalue weighted by Crippen LogP contribution is 2.21. The van der Waals surface area contributed by atoms with Gasteiger partial charge in [0.1, 0.15) is 5.75 Å². The van der Waals surface area contributed by atoms with Crippen LogP contribution in [0, 0.1) is 12.8 Å². The number of rotatable bonds is 5. The molecule has 5 heteroatoms. The highest BCUT2D eigenvalue weighted by molar-refractivity contribution is 5.47. The summed E-state index contributed by atoms with van der Waals surface area (Å²) in [5.74, 6) is 2.49. The molecule has 0 saturated carbocycles. The van der Waals surface area contributed by atoms with Gasteiger partial charge < -0.3 is 15.0 Å². The van der Waals surface area contributed by atoms with Crippen LogP contribution in [0.3, 0.4) is 0 Å². The Morgan fingerprint density at radius 3 is 2.84 bits per heavy atom. The fraction of sp³-hybridized carbons (Fsp3) is 0.429. The van der Waals surface area contributed by atoms with Crippen LogP contribution in [0.4, 0.5) is 5.69 Å². The van der Waals surface area contributed by atoms with Crippen LogP contribution >= 0.6 is 0 Å². The summed E-state index contributed by atoms with van der Waals surface area (Å²) in [6.07, 6.45) is 0.786. The maximum atomic E-state index is 5.69. The molecule has 2 N–H and O–H groups in total. The molecular weight excluding hydrogens is 242 g/mol. The van der Waals surface area contributed by atoms with Gasteiger partial charge in [0.05, 0.1) is 0 Å². The van der Waals surface area contributed by atoms with Crippen molar-refractivity contribution in [1.82, 2.24) is 10.1 Å². The molecular formula is C14H19N3O2. The third-order valence-electron chi connectivity index (χ3n) is 2.65. The van der Waals surface area contributed by atoms with Gasteiger partial charge in [-0.1, -0.05) is 19.0 Å². The van der Waals surface area contributed by atoms with Gasteiger partial charge in [-0.15, -0.1) is 0 Å². The Balaban J connectivity index is 1.96. The van der Waals surface area contributed by atoms with E-state index < -0.39 is 0 Å². The molecule has 1 heterocycles. The zero-order valence-corrected chi connectivity index (χ0v) is 11.5. The van der Waals surface area contributed by atoms with Crippen LogP contribution in [0.25, 0.3) is 0 Å². The first-order chi connectivity index (χ1) is 9.04. The minimum absolute atomic E-state index is 0.298. The lowest BCUT2D eigenvalue weighted by molar-refractivity contribution is 0.283. The fourth-order valence-electron chi connectivity index (χ4n) is 1.76. The number of ether oxygens (including phenoxy) is 1. The molecule has 2 rings (SSSR count). The number of hydrogen-bond donors (Lipinski definition) is 1. The molecule has 5 nitrogen and oxygen atoms in total. The molecule has 0 aliphatic carbocycles. The number of nitrogen functional groups attached to an aromatic ring is 1. The monoisotopic (exact) mass is 261 g/mol. The van der Waals surface area contributed by atoms with E-state index in [4.69, 9.17) is 15.0 Å². The molecule has 102 valence electrons.